The number of carbonyl (C=O) groups excluding carboxylic acids is 1. The molecule has 1 aliphatic heterocycles. The molecule has 1 aromatic carbocycles. The lowest BCUT2D eigenvalue weighted by Gasteiger charge is -2.32. The van der Waals surface area contributed by atoms with Gasteiger partial charge in [0.2, 0.25) is 5.88 Å². The molecule has 0 aliphatic carbocycles. The quantitative estimate of drug-likeness (QED) is 0.687. The molecular weight excluding hydrogens is 389 g/mol. The zero-order valence-electron chi connectivity index (χ0n) is 17.4. The summed E-state index contributed by atoms with van der Waals surface area (Å²) in [5.41, 5.74) is 0.0372. The average molecular weight is 417 g/mol. The molecule has 1 fully saturated rings. The number of likely N-dealkylation sites (N-methyl/N-ethyl adjacent to an activating group) is 1. The van der Waals surface area contributed by atoms with Gasteiger partial charge in [-0.3, -0.25) is 14.5 Å². The van der Waals surface area contributed by atoms with E-state index in [1.165, 1.54) is 36.4 Å². The zero-order valence-corrected chi connectivity index (χ0v) is 17.4. The van der Waals surface area contributed by atoms with Gasteiger partial charge in [0, 0.05) is 51.4 Å². The van der Waals surface area contributed by atoms with Crippen LogP contribution in [0.5, 0.6) is 5.88 Å². The van der Waals surface area contributed by atoms with Gasteiger partial charge in [0.1, 0.15) is 5.82 Å². The van der Waals surface area contributed by atoms with Crippen molar-refractivity contribution in [3.63, 3.8) is 0 Å². The van der Waals surface area contributed by atoms with Crippen LogP contribution in [-0.2, 0) is 4.79 Å². The van der Waals surface area contributed by atoms with E-state index in [0.717, 1.165) is 37.4 Å². The Labute approximate surface area is 175 Å². The molecule has 1 amide bonds. The molecule has 2 aromatic rings. The first kappa shape index (κ1) is 21.9. The maximum atomic E-state index is 13.1. The van der Waals surface area contributed by atoms with Crippen molar-refractivity contribution in [2.45, 2.75) is 19.4 Å². The van der Waals surface area contributed by atoms with Crippen molar-refractivity contribution < 1.29 is 13.9 Å². The molecule has 1 saturated heterocycles. The number of carbonyl (C=O) groups is 1. The molecule has 162 valence electrons. The number of piperazine rings is 1. The number of aromatic nitrogens is 2. The van der Waals surface area contributed by atoms with Crippen LogP contribution in [-0.4, -0.2) is 77.9 Å². The van der Waals surface area contributed by atoms with Crippen molar-refractivity contribution in [2.75, 3.05) is 46.3 Å². The lowest BCUT2D eigenvalue weighted by Crippen LogP contribution is -2.48. The number of benzene rings is 1. The molecule has 1 aliphatic rings. The van der Waals surface area contributed by atoms with Gasteiger partial charge in [-0.05, 0) is 37.7 Å². The molecule has 2 heterocycles. The monoisotopic (exact) mass is 417 g/mol. The van der Waals surface area contributed by atoms with Gasteiger partial charge >= 0.3 is 0 Å². The van der Waals surface area contributed by atoms with Crippen LogP contribution in [0.25, 0.3) is 5.69 Å². The molecule has 1 N–H and O–H groups in total. The zero-order chi connectivity index (χ0) is 21.5. The van der Waals surface area contributed by atoms with E-state index in [2.05, 4.69) is 27.3 Å². The summed E-state index contributed by atoms with van der Waals surface area (Å²) in [4.78, 5) is 29.3. The Balaban J connectivity index is 1.58. The minimum absolute atomic E-state index is 0.153. The average Bonchev–Trinajstić information content (AvgIpc) is 2.75. The standard InChI is InChI=1S/C21H28FN5O3/c1-3-18(21(29)23-10-11-26-14-12-25(2)13-15-26)30-19-8-9-20(28)27(24-19)17-6-4-16(22)5-7-17/h4-9,18H,3,10-15H2,1-2H3,(H,23,29)/t18-/m1/s1. The Morgan fingerprint density at radius 3 is 2.53 bits per heavy atom. The summed E-state index contributed by atoms with van der Waals surface area (Å²) >= 11 is 0. The summed E-state index contributed by atoms with van der Waals surface area (Å²) in [6.45, 7) is 7.24. The minimum atomic E-state index is -0.718. The van der Waals surface area contributed by atoms with Gasteiger partial charge in [-0.1, -0.05) is 6.92 Å². The van der Waals surface area contributed by atoms with E-state index in [0.29, 0.717) is 18.7 Å². The molecule has 0 saturated carbocycles. The first-order chi connectivity index (χ1) is 14.5. The first-order valence-corrected chi connectivity index (χ1v) is 10.2. The number of nitrogens with zero attached hydrogens (tertiary/aromatic N) is 4. The second-order valence-electron chi connectivity index (χ2n) is 7.35. The Kier molecular flexibility index (Phi) is 7.53. The van der Waals surface area contributed by atoms with Crippen LogP contribution < -0.4 is 15.6 Å². The predicted octanol–water partition coefficient (Wildman–Crippen LogP) is 0.893. The van der Waals surface area contributed by atoms with Gasteiger partial charge < -0.3 is 15.0 Å². The lowest BCUT2D eigenvalue weighted by molar-refractivity contribution is -0.128. The highest BCUT2D eigenvalue weighted by molar-refractivity contribution is 5.81. The van der Waals surface area contributed by atoms with E-state index in [-0.39, 0.29) is 17.3 Å². The van der Waals surface area contributed by atoms with Crippen LogP contribution in [0.3, 0.4) is 0 Å². The Bertz CT molecular complexity index is 894. The predicted molar refractivity (Wildman–Crippen MR) is 111 cm³/mol. The van der Waals surface area contributed by atoms with Crippen LogP contribution >= 0.6 is 0 Å². The number of nitrogens with one attached hydrogen (secondary N) is 1. The Morgan fingerprint density at radius 2 is 1.87 bits per heavy atom. The van der Waals surface area contributed by atoms with Crippen LogP contribution in [0.2, 0.25) is 0 Å². The van der Waals surface area contributed by atoms with Crippen molar-refractivity contribution in [2.24, 2.45) is 0 Å². The van der Waals surface area contributed by atoms with E-state index < -0.39 is 11.9 Å². The number of hydrogen-bond donors (Lipinski definition) is 1. The molecule has 0 radical (unpaired) electrons. The highest BCUT2D eigenvalue weighted by Gasteiger charge is 2.20. The summed E-state index contributed by atoms with van der Waals surface area (Å²) in [5, 5.41) is 7.09. The molecular formula is C21H28FN5O3. The highest BCUT2D eigenvalue weighted by atomic mass is 19.1. The summed E-state index contributed by atoms with van der Waals surface area (Å²) in [6, 6.07) is 8.15. The maximum Gasteiger partial charge on any atom is 0.271 e. The van der Waals surface area contributed by atoms with Gasteiger partial charge in [0.05, 0.1) is 5.69 Å². The highest BCUT2D eigenvalue weighted by Crippen LogP contribution is 2.11. The van der Waals surface area contributed by atoms with Crippen molar-refractivity contribution in [3.05, 3.63) is 52.6 Å². The summed E-state index contributed by atoms with van der Waals surface area (Å²) < 4.78 is 20.0. The topological polar surface area (TPSA) is 79.7 Å². The number of rotatable bonds is 8. The fourth-order valence-electron chi connectivity index (χ4n) is 3.22. The number of halogens is 1. The van der Waals surface area contributed by atoms with Gasteiger partial charge in [0.15, 0.2) is 6.10 Å². The fourth-order valence-corrected chi connectivity index (χ4v) is 3.22. The summed E-state index contributed by atoms with van der Waals surface area (Å²) in [5.74, 6) is -0.466. The molecule has 0 unspecified atom stereocenters. The second-order valence-corrected chi connectivity index (χ2v) is 7.35. The third-order valence-electron chi connectivity index (χ3n) is 5.10. The number of ether oxygens (including phenoxy) is 1. The van der Waals surface area contributed by atoms with E-state index >= 15 is 0 Å². The Hall–Kier alpha value is -2.78. The van der Waals surface area contributed by atoms with E-state index in [1.807, 2.05) is 6.92 Å². The normalized spacial score (nSPS) is 16.2. The molecule has 1 atom stereocenters. The van der Waals surface area contributed by atoms with Gasteiger partial charge in [-0.2, -0.15) is 4.68 Å². The minimum Gasteiger partial charge on any atom is -0.463 e. The third-order valence-corrected chi connectivity index (χ3v) is 5.10. The maximum absolute atomic E-state index is 13.1. The SMILES string of the molecule is CC[C@@H](Oc1ccc(=O)n(-c2ccc(F)cc2)n1)C(=O)NCCN1CCN(C)CC1. The first-order valence-electron chi connectivity index (χ1n) is 10.2. The van der Waals surface area contributed by atoms with Crippen molar-refractivity contribution in [1.29, 1.82) is 0 Å². The Morgan fingerprint density at radius 1 is 1.17 bits per heavy atom. The smallest absolute Gasteiger partial charge is 0.271 e. The van der Waals surface area contributed by atoms with Gasteiger partial charge in [0.25, 0.3) is 11.5 Å². The van der Waals surface area contributed by atoms with Crippen LogP contribution in [0.1, 0.15) is 13.3 Å². The number of hydrogen-bond acceptors (Lipinski definition) is 6. The molecule has 30 heavy (non-hydrogen) atoms. The van der Waals surface area contributed by atoms with Crippen LogP contribution in [0.15, 0.2) is 41.2 Å². The van der Waals surface area contributed by atoms with Crippen molar-refractivity contribution in [3.8, 4) is 11.6 Å². The molecule has 3 rings (SSSR count). The van der Waals surface area contributed by atoms with Crippen LogP contribution in [0.4, 0.5) is 4.39 Å². The largest absolute Gasteiger partial charge is 0.463 e. The third kappa shape index (κ3) is 5.87. The van der Waals surface area contributed by atoms with E-state index in [1.54, 1.807) is 0 Å². The molecule has 8 nitrogen and oxygen atoms in total. The van der Waals surface area contributed by atoms with Crippen molar-refractivity contribution in [1.82, 2.24) is 24.9 Å². The summed E-state index contributed by atoms with van der Waals surface area (Å²) in [7, 11) is 2.11. The molecule has 1 aromatic heterocycles. The molecule has 9 heteroatoms. The fraction of sp³-hybridized carbons (Fsp3) is 0.476. The van der Waals surface area contributed by atoms with Gasteiger partial charge in [-0.15, -0.1) is 5.10 Å². The van der Waals surface area contributed by atoms with Gasteiger partial charge in [-0.25, -0.2) is 4.39 Å². The van der Waals surface area contributed by atoms with Crippen LogP contribution in [0, 0.1) is 5.82 Å². The number of amides is 1. The van der Waals surface area contributed by atoms with E-state index in [4.69, 9.17) is 4.74 Å². The molecule has 0 spiro atoms. The lowest BCUT2D eigenvalue weighted by atomic mass is 10.2. The summed E-state index contributed by atoms with van der Waals surface area (Å²) in [6.07, 6.45) is -0.262. The molecule has 0 bridgehead atoms. The van der Waals surface area contributed by atoms with Crippen molar-refractivity contribution >= 4 is 5.91 Å². The van der Waals surface area contributed by atoms with E-state index in [9.17, 15) is 14.0 Å². The second kappa shape index (κ2) is 10.3.